The van der Waals surface area contributed by atoms with Crippen LogP contribution in [0.25, 0.3) is 0 Å². The number of piperidine rings is 1. The summed E-state index contributed by atoms with van der Waals surface area (Å²) in [5.74, 6) is 0. The molecule has 1 aliphatic rings. The van der Waals surface area contributed by atoms with Gasteiger partial charge in [-0.1, -0.05) is 48.5 Å². The van der Waals surface area contributed by atoms with Crippen LogP contribution in [0.5, 0.6) is 0 Å². The van der Waals surface area contributed by atoms with E-state index in [-0.39, 0.29) is 0 Å². The molecule has 2 heteroatoms. The predicted molar refractivity (Wildman–Crippen MR) is 87.8 cm³/mol. The van der Waals surface area contributed by atoms with Gasteiger partial charge in [-0.2, -0.15) is 4.84 Å². The highest BCUT2D eigenvalue weighted by Gasteiger charge is 2.36. The molecule has 1 saturated heterocycles. The van der Waals surface area contributed by atoms with E-state index in [0.29, 0.717) is 11.3 Å². The van der Waals surface area contributed by atoms with E-state index in [1.54, 1.807) is 0 Å². The van der Waals surface area contributed by atoms with Crippen molar-refractivity contribution in [1.29, 1.82) is 0 Å². The molecule has 0 amide bonds. The van der Waals surface area contributed by atoms with Crippen LogP contribution in [0.4, 0.5) is 5.69 Å². The Morgan fingerprint density at radius 1 is 0.857 bits per heavy atom. The molecule has 1 aliphatic heterocycles. The second-order valence-electron chi connectivity index (χ2n) is 5.94. The lowest BCUT2D eigenvalue weighted by Gasteiger charge is -2.38. The minimum absolute atomic E-state index is 0.676. The summed E-state index contributed by atoms with van der Waals surface area (Å²) in [6.45, 7) is 5.03. The minimum atomic E-state index is 0.676. The summed E-state index contributed by atoms with van der Waals surface area (Å²) in [5.41, 5.74) is 3.90. The lowest BCUT2D eigenvalue weighted by Crippen LogP contribution is -2.52. The molecule has 110 valence electrons. The Morgan fingerprint density at radius 3 is 2.24 bits per heavy atom. The molecule has 0 aliphatic carbocycles. The number of hydrogen-bond donors (Lipinski definition) is 0. The summed E-state index contributed by atoms with van der Waals surface area (Å²) in [4.78, 5) is 6.46. The van der Waals surface area contributed by atoms with E-state index in [0.717, 1.165) is 13.1 Å². The monoisotopic (exact) mass is 282 g/mol. The number of para-hydroxylation sites is 1. The van der Waals surface area contributed by atoms with Crippen LogP contribution >= 0.6 is 0 Å². The first-order chi connectivity index (χ1) is 10.3. The van der Waals surface area contributed by atoms with Gasteiger partial charge < -0.3 is 0 Å². The third-order valence-electron chi connectivity index (χ3n) is 4.41. The largest absolute Gasteiger partial charge is 0.193 e. The van der Waals surface area contributed by atoms with Gasteiger partial charge >= 0.3 is 0 Å². The minimum Gasteiger partial charge on any atom is -0.193 e. The highest BCUT2D eigenvalue weighted by Crippen LogP contribution is 2.32. The molecule has 21 heavy (non-hydrogen) atoms. The normalized spacial score (nSPS) is 17.6. The maximum Gasteiger partial charge on any atom is 0.168 e. The molecule has 0 radical (unpaired) electrons. The van der Waals surface area contributed by atoms with Gasteiger partial charge in [0.2, 0.25) is 0 Å². The zero-order valence-electron chi connectivity index (χ0n) is 12.8. The maximum atomic E-state index is 6.46. The number of quaternary nitrogens is 1. The molecule has 0 saturated carbocycles. The zero-order chi connectivity index (χ0) is 14.5. The van der Waals surface area contributed by atoms with Crippen LogP contribution in [-0.4, -0.2) is 13.1 Å². The summed E-state index contributed by atoms with van der Waals surface area (Å²) >= 11 is 0. The highest BCUT2D eigenvalue weighted by molar-refractivity contribution is 5.48. The van der Waals surface area contributed by atoms with Gasteiger partial charge in [0, 0.05) is 24.5 Å². The number of nitrogens with zero attached hydrogens (tertiary/aromatic N) is 1. The second kappa shape index (κ2) is 6.42. The number of rotatable bonds is 4. The van der Waals surface area contributed by atoms with E-state index >= 15 is 0 Å². The molecule has 0 aromatic heterocycles. The van der Waals surface area contributed by atoms with Crippen molar-refractivity contribution in [2.75, 3.05) is 13.1 Å². The molecule has 0 unspecified atom stereocenters. The molecular weight excluding hydrogens is 258 g/mol. The van der Waals surface area contributed by atoms with Gasteiger partial charge in [0.15, 0.2) is 5.69 Å². The zero-order valence-corrected chi connectivity index (χ0v) is 12.8. The maximum absolute atomic E-state index is 6.46. The first-order valence-electron chi connectivity index (χ1n) is 7.92. The van der Waals surface area contributed by atoms with Crippen LogP contribution in [0, 0.1) is 6.92 Å². The second-order valence-corrected chi connectivity index (χ2v) is 5.94. The lowest BCUT2D eigenvalue weighted by molar-refractivity contribution is -0.167. The van der Waals surface area contributed by atoms with Crippen LogP contribution in [0.1, 0.15) is 30.4 Å². The fraction of sp³-hybridized carbons (Fsp3) is 0.368. The molecule has 2 nitrogen and oxygen atoms in total. The van der Waals surface area contributed by atoms with E-state index < -0.39 is 0 Å². The summed E-state index contributed by atoms with van der Waals surface area (Å²) in [6.07, 6.45) is 3.80. The Kier molecular flexibility index (Phi) is 4.37. The highest BCUT2D eigenvalue weighted by atomic mass is 16.7. The third-order valence-corrected chi connectivity index (χ3v) is 4.41. The molecule has 0 spiro atoms. The summed E-state index contributed by atoms with van der Waals surface area (Å²) in [5, 5.41) is 0. The Morgan fingerprint density at radius 2 is 1.52 bits per heavy atom. The molecule has 2 aromatic carbocycles. The Labute approximate surface area is 127 Å². The van der Waals surface area contributed by atoms with Gasteiger partial charge in [0.05, 0.1) is 0 Å². The topological polar surface area (TPSA) is 9.23 Å². The fourth-order valence-corrected chi connectivity index (χ4v) is 3.26. The Hall–Kier alpha value is -1.64. The van der Waals surface area contributed by atoms with Gasteiger partial charge in [0.25, 0.3) is 0 Å². The fourth-order valence-electron chi connectivity index (χ4n) is 3.26. The molecule has 1 fully saturated rings. The van der Waals surface area contributed by atoms with Crippen LogP contribution in [0.15, 0.2) is 54.6 Å². The van der Waals surface area contributed by atoms with Gasteiger partial charge in [-0.15, -0.1) is 4.65 Å². The van der Waals surface area contributed by atoms with E-state index in [1.165, 1.54) is 36.1 Å². The Balaban J connectivity index is 1.85. The number of hydroxylamine groups is 2. The molecule has 0 atom stereocenters. The van der Waals surface area contributed by atoms with Crippen molar-refractivity contribution >= 4 is 5.69 Å². The van der Waals surface area contributed by atoms with E-state index in [9.17, 15) is 0 Å². The van der Waals surface area contributed by atoms with Gasteiger partial charge in [-0.3, -0.25) is 0 Å². The van der Waals surface area contributed by atoms with Gasteiger partial charge in [0.1, 0.15) is 19.7 Å². The van der Waals surface area contributed by atoms with E-state index in [4.69, 9.17) is 4.84 Å². The van der Waals surface area contributed by atoms with Crippen LogP contribution in [0.2, 0.25) is 0 Å². The van der Waals surface area contributed by atoms with Gasteiger partial charge in [-0.05, 0) is 18.9 Å². The molecule has 3 rings (SSSR count). The van der Waals surface area contributed by atoms with Crippen LogP contribution < -0.4 is 4.65 Å². The quantitative estimate of drug-likeness (QED) is 0.744. The van der Waals surface area contributed by atoms with Crippen LogP contribution in [-0.2, 0) is 11.4 Å². The lowest BCUT2D eigenvalue weighted by atomic mass is 10.1. The van der Waals surface area contributed by atoms with Crippen LogP contribution in [0.3, 0.4) is 0 Å². The van der Waals surface area contributed by atoms with E-state index in [1.807, 2.05) is 0 Å². The number of hydrogen-bond acceptors (Lipinski definition) is 1. The van der Waals surface area contributed by atoms with E-state index in [2.05, 4.69) is 61.5 Å². The van der Waals surface area contributed by atoms with Crippen molar-refractivity contribution in [3.63, 3.8) is 0 Å². The molecule has 0 bridgehead atoms. The number of aryl methyl sites for hydroxylation is 1. The SMILES string of the molecule is Cc1ccccc1[N+]1(OCc2ccccc2)CCCCC1. The van der Waals surface area contributed by atoms with Crippen molar-refractivity contribution in [2.24, 2.45) is 0 Å². The smallest absolute Gasteiger partial charge is 0.168 e. The predicted octanol–water partition coefficient (Wildman–Crippen LogP) is 4.62. The van der Waals surface area contributed by atoms with Crippen molar-refractivity contribution in [3.05, 3.63) is 65.7 Å². The van der Waals surface area contributed by atoms with Gasteiger partial charge in [-0.25, -0.2) is 0 Å². The molecule has 0 N–H and O–H groups in total. The Bertz CT molecular complexity index is 573. The summed E-state index contributed by atoms with van der Waals surface area (Å²) in [7, 11) is 0. The summed E-state index contributed by atoms with van der Waals surface area (Å²) in [6, 6.07) is 19.1. The molecule has 1 heterocycles. The molecular formula is C19H24NO+. The molecule has 2 aromatic rings. The van der Waals surface area contributed by atoms with Crippen molar-refractivity contribution in [1.82, 2.24) is 4.65 Å². The van der Waals surface area contributed by atoms with Crippen molar-refractivity contribution in [2.45, 2.75) is 32.8 Å². The average molecular weight is 282 g/mol. The first kappa shape index (κ1) is 14.3. The number of benzene rings is 2. The third kappa shape index (κ3) is 3.17. The standard InChI is InChI=1S/C19H24NO/c1-17-10-6-7-13-19(17)20(14-8-3-9-15-20)21-16-18-11-4-2-5-12-18/h2,4-7,10-13H,3,8-9,14-16H2,1H3/q+1. The van der Waals surface area contributed by atoms with Crippen molar-refractivity contribution in [3.8, 4) is 0 Å². The summed E-state index contributed by atoms with van der Waals surface area (Å²) < 4.78 is 0.682. The van der Waals surface area contributed by atoms with Crippen molar-refractivity contribution < 1.29 is 4.84 Å². The average Bonchev–Trinajstić information content (AvgIpc) is 2.55. The first-order valence-corrected chi connectivity index (χ1v) is 7.92.